The summed E-state index contributed by atoms with van der Waals surface area (Å²) in [5.41, 5.74) is 2.13. The fourth-order valence-corrected chi connectivity index (χ4v) is 1.46. The fraction of sp³-hybridized carbons (Fsp3) is 0.308. The van der Waals surface area contributed by atoms with E-state index in [1.165, 1.54) is 5.57 Å². The van der Waals surface area contributed by atoms with Crippen LogP contribution in [0.1, 0.15) is 13.8 Å². The zero-order valence-corrected chi connectivity index (χ0v) is 11.2. The van der Waals surface area contributed by atoms with E-state index in [0.717, 1.165) is 18.0 Å². The van der Waals surface area contributed by atoms with Crippen molar-refractivity contribution in [2.45, 2.75) is 13.8 Å². The molecule has 0 bridgehead atoms. The van der Waals surface area contributed by atoms with E-state index >= 15 is 0 Å². The van der Waals surface area contributed by atoms with E-state index in [-0.39, 0.29) is 0 Å². The van der Waals surface area contributed by atoms with Gasteiger partial charge in [-0.2, -0.15) is 0 Å². The Labute approximate surface area is 108 Å². The van der Waals surface area contributed by atoms with Crippen molar-refractivity contribution in [3.8, 4) is 5.75 Å². The van der Waals surface area contributed by atoms with Crippen LogP contribution in [0.15, 0.2) is 35.9 Å². The Kier molecular flexibility index (Phi) is 5.49. The summed E-state index contributed by atoms with van der Waals surface area (Å²) in [6.07, 6.45) is 2.08. The van der Waals surface area contributed by atoms with E-state index in [1.54, 1.807) is 7.11 Å². The van der Waals surface area contributed by atoms with Crippen molar-refractivity contribution in [2.24, 2.45) is 0 Å². The molecule has 0 atom stereocenters. The second-order valence-corrected chi connectivity index (χ2v) is 4.23. The lowest BCUT2D eigenvalue weighted by molar-refractivity contribution is 0.417. The molecule has 0 heterocycles. The van der Waals surface area contributed by atoms with E-state index in [9.17, 15) is 0 Å². The number of nitrogens with one attached hydrogen (secondary N) is 2. The van der Waals surface area contributed by atoms with Crippen molar-refractivity contribution in [1.29, 1.82) is 0 Å². The summed E-state index contributed by atoms with van der Waals surface area (Å²) in [7, 11) is 1.64. The maximum Gasteiger partial charge on any atom is 0.171 e. The number of para-hydroxylation sites is 2. The van der Waals surface area contributed by atoms with Crippen molar-refractivity contribution in [3.05, 3.63) is 35.9 Å². The molecule has 0 aromatic heterocycles. The van der Waals surface area contributed by atoms with Gasteiger partial charge in [-0.1, -0.05) is 23.8 Å². The predicted octanol–water partition coefficient (Wildman–Crippen LogP) is 2.95. The van der Waals surface area contributed by atoms with E-state index in [1.807, 2.05) is 24.3 Å². The van der Waals surface area contributed by atoms with Crippen LogP contribution in [0.3, 0.4) is 0 Å². The monoisotopic (exact) mass is 250 g/mol. The van der Waals surface area contributed by atoms with Crippen molar-refractivity contribution in [1.82, 2.24) is 5.32 Å². The van der Waals surface area contributed by atoms with Crippen molar-refractivity contribution in [3.63, 3.8) is 0 Å². The number of hydrogen-bond donors (Lipinski definition) is 2. The normalized spacial score (nSPS) is 9.35. The third kappa shape index (κ3) is 4.87. The summed E-state index contributed by atoms with van der Waals surface area (Å²) in [6.45, 7) is 4.83. The standard InChI is InChI=1S/C13H18N2OS/c1-10(2)8-9-14-13(17)15-11-6-4-5-7-12(11)16-3/h4-8H,9H2,1-3H3,(H2,14,15,17). The van der Waals surface area contributed by atoms with Gasteiger partial charge in [-0.25, -0.2) is 0 Å². The van der Waals surface area contributed by atoms with Crippen molar-refractivity contribution >= 4 is 23.0 Å². The van der Waals surface area contributed by atoms with E-state index < -0.39 is 0 Å². The number of rotatable bonds is 4. The molecule has 4 heteroatoms. The van der Waals surface area contributed by atoms with Gasteiger partial charge < -0.3 is 15.4 Å². The second-order valence-electron chi connectivity index (χ2n) is 3.82. The minimum absolute atomic E-state index is 0.590. The Morgan fingerprint density at radius 3 is 2.71 bits per heavy atom. The van der Waals surface area contributed by atoms with E-state index in [4.69, 9.17) is 17.0 Å². The van der Waals surface area contributed by atoms with Crippen LogP contribution >= 0.6 is 12.2 Å². The molecule has 1 rings (SSSR count). The summed E-state index contributed by atoms with van der Waals surface area (Å²) in [4.78, 5) is 0. The highest BCUT2D eigenvalue weighted by Crippen LogP contribution is 2.22. The average Bonchev–Trinajstić information content (AvgIpc) is 2.29. The highest BCUT2D eigenvalue weighted by Gasteiger charge is 2.02. The van der Waals surface area contributed by atoms with Gasteiger partial charge in [0.05, 0.1) is 12.8 Å². The molecule has 0 aliphatic heterocycles. The molecule has 1 aromatic rings. The average molecular weight is 250 g/mol. The molecule has 0 radical (unpaired) electrons. The van der Waals surface area contributed by atoms with Gasteiger partial charge in [0, 0.05) is 6.54 Å². The van der Waals surface area contributed by atoms with Crippen LogP contribution in [0, 0.1) is 0 Å². The van der Waals surface area contributed by atoms with Crippen molar-refractivity contribution < 1.29 is 4.74 Å². The number of ether oxygens (including phenoxy) is 1. The number of thiocarbonyl (C=S) groups is 1. The van der Waals surface area contributed by atoms with Gasteiger partial charge in [0.2, 0.25) is 0 Å². The van der Waals surface area contributed by atoms with Crippen molar-refractivity contribution in [2.75, 3.05) is 19.0 Å². The zero-order chi connectivity index (χ0) is 12.7. The first-order valence-corrected chi connectivity index (χ1v) is 5.85. The molecular weight excluding hydrogens is 232 g/mol. The molecule has 0 saturated carbocycles. The van der Waals surface area contributed by atoms with Crippen LogP contribution in [-0.2, 0) is 0 Å². The first kappa shape index (κ1) is 13.5. The molecule has 0 saturated heterocycles. The maximum absolute atomic E-state index is 5.23. The van der Waals surface area contributed by atoms with Crippen LogP contribution in [0.5, 0.6) is 5.75 Å². The Morgan fingerprint density at radius 2 is 2.06 bits per heavy atom. The SMILES string of the molecule is COc1ccccc1NC(=S)NCC=C(C)C. The Morgan fingerprint density at radius 1 is 1.35 bits per heavy atom. The molecule has 0 fully saturated rings. The third-order valence-electron chi connectivity index (χ3n) is 2.13. The summed E-state index contributed by atoms with van der Waals surface area (Å²) >= 11 is 5.19. The molecule has 3 nitrogen and oxygen atoms in total. The smallest absolute Gasteiger partial charge is 0.171 e. The molecule has 0 amide bonds. The van der Waals surface area contributed by atoms with Gasteiger partial charge in [0.1, 0.15) is 5.75 Å². The highest BCUT2D eigenvalue weighted by molar-refractivity contribution is 7.80. The first-order valence-electron chi connectivity index (χ1n) is 5.44. The number of benzene rings is 1. The van der Waals surface area contributed by atoms with Crippen LogP contribution < -0.4 is 15.4 Å². The molecule has 0 aliphatic rings. The summed E-state index contributed by atoms with van der Waals surface area (Å²) in [5, 5.41) is 6.79. The molecule has 2 N–H and O–H groups in total. The predicted molar refractivity (Wildman–Crippen MR) is 76.6 cm³/mol. The van der Waals surface area contributed by atoms with Gasteiger partial charge in [-0.3, -0.25) is 0 Å². The molecule has 17 heavy (non-hydrogen) atoms. The molecule has 92 valence electrons. The van der Waals surface area contributed by atoms with Crippen LogP contribution in [0.4, 0.5) is 5.69 Å². The second kappa shape index (κ2) is 6.91. The molecular formula is C13H18N2OS. The third-order valence-corrected chi connectivity index (χ3v) is 2.37. The zero-order valence-electron chi connectivity index (χ0n) is 10.4. The van der Waals surface area contributed by atoms with Gasteiger partial charge in [-0.05, 0) is 38.2 Å². The summed E-state index contributed by atoms with van der Waals surface area (Å²) < 4.78 is 5.23. The quantitative estimate of drug-likeness (QED) is 0.636. The lowest BCUT2D eigenvalue weighted by Gasteiger charge is -2.12. The lowest BCUT2D eigenvalue weighted by Crippen LogP contribution is -2.28. The Hall–Kier alpha value is -1.55. The minimum atomic E-state index is 0.590. The largest absolute Gasteiger partial charge is 0.495 e. The summed E-state index contributed by atoms with van der Waals surface area (Å²) in [6, 6.07) is 7.67. The number of anilines is 1. The lowest BCUT2D eigenvalue weighted by atomic mass is 10.3. The molecule has 0 spiro atoms. The van der Waals surface area contributed by atoms with Crippen LogP contribution in [-0.4, -0.2) is 18.8 Å². The Balaban J connectivity index is 2.53. The summed E-state index contributed by atoms with van der Waals surface area (Å²) in [5.74, 6) is 0.777. The van der Waals surface area contributed by atoms with Crippen LogP contribution in [0.25, 0.3) is 0 Å². The Bertz CT molecular complexity index is 412. The fourth-order valence-electron chi connectivity index (χ4n) is 1.26. The van der Waals surface area contributed by atoms with Gasteiger partial charge in [0.25, 0.3) is 0 Å². The van der Waals surface area contributed by atoms with Gasteiger partial charge in [0.15, 0.2) is 5.11 Å². The van der Waals surface area contributed by atoms with E-state index in [2.05, 4.69) is 30.6 Å². The maximum atomic E-state index is 5.23. The molecule has 1 aromatic carbocycles. The number of allylic oxidation sites excluding steroid dienone is 1. The van der Waals surface area contributed by atoms with E-state index in [0.29, 0.717) is 5.11 Å². The topological polar surface area (TPSA) is 33.3 Å². The van der Waals surface area contributed by atoms with Gasteiger partial charge >= 0.3 is 0 Å². The minimum Gasteiger partial charge on any atom is -0.495 e. The highest BCUT2D eigenvalue weighted by atomic mass is 32.1. The molecule has 0 aliphatic carbocycles. The van der Waals surface area contributed by atoms with Crippen LogP contribution in [0.2, 0.25) is 0 Å². The molecule has 0 unspecified atom stereocenters. The first-order chi connectivity index (χ1) is 8.13. The number of hydrogen-bond acceptors (Lipinski definition) is 2. The van der Waals surface area contributed by atoms with Gasteiger partial charge in [-0.15, -0.1) is 0 Å². The number of methoxy groups -OCH3 is 1.